The first-order valence-corrected chi connectivity index (χ1v) is 11.4. The van der Waals surface area contributed by atoms with Crippen molar-refractivity contribution in [3.05, 3.63) is 0 Å². The van der Waals surface area contributed by atoms with Gasteiger partial charge in [0.05, 0.1) is 13.2 Å². The van der Waals surface area contributed by atoms with Crippen LogP contribution in [0.5, 0.6) is 0 Å². The maximum atomic E-state index is 12.6. The molecule has 0 aromatic carbocycles. The maximum Gasteiger partial charge on any atom is 0.326 e. The molecule has 0 aromatic rings. The number of aliphatic carboxylic acids is 2. The second kappa shape index (κ2) is 11.8. The molecule has 2 aliphatic rings. The lowest BCUT2D eigenvalue weighted by atomic mass is 9.94. The Hall–Kier alpha value is -2.87. The van der Waals surface area contributed by atoms with E-state index in [1.165, 1.54) is 23.6 Å². The summed E-state index contributed by atoms with van der Waals surface area (Å²) in [6.07, 6.45) is 0.832. The number of nitrogens with two attached hydrogens (primary N) is 1. The van der Waals surface area contributed by atoms with Crippen LogP contribution in [0.15, 0.2) is 0 Å². The Morgan fingerprint density at radius 3 is 2.48 bits per heavy atom. The number of rotatable bonds is 12. The zero-order valence-electron chi connectivity index (χ0n) is 18.0. The number of nitrogens with one attached hydrogen (secondary N) is 2. The number of hydrogen-bond donors (Lipinski definition) is 5. The van der Waals surface area contributed by atoms with Crippen LogP contribution in [0, 0.1) is 5.92 Å². The average molecular weight is 489 g/mol. The Kier molecular flexibility index (Phi) is 9.46. The van der Waals surface area contributed by atoms with E-state index in [0.717, 1.165) is 0 Å². The van der Waals surface area contributed by atoms with Gasteiger partial charge in [0.25, 0.3) is 0 Å². The Morgan fingerprint density at radius 1 is 1.21 bits per heavy atom. The molecule has 2 rings (SSSR count). The topological polar surface area (TPSA) is 205 Å². The molecule has 0 radical (unpaired) electrons. The lowest BCUT2D eigenvalue weighted by Crippen LogP contribution is -2.76. The summed E-state index contributed by atoms with van der Waals surface area (Å²) < 4.78 is 4.92. The van der Waals surface area contributed by atoms with Crippen LogP contribution in [0.25, 0.3) is 0 Å². The molecular weight excluding hydrogens is 460 g/mol. The van der Waals surface area contributed by atoms with Crippen LogP contribution >= 0.6 is 11.8 Å². The van der Waals surface area contributed by atoms with Crippen molar-refractivity contribution in [2.45, 2.75) is 56.1 Å². The molecule has 0 unspecified atom stereocenters. The van der Waals surface area contributed by atoms with Crippen LogP contribution < -0.4 is 16.4 Å². The largest absolute Gasteiger partial charge is 0.480 e. The first-order valence-electron chi connectivity index (χ1n) is 10.4. The Labute approximate surface area is 193 Å². The predicted molar refractivity (Wildman–Crippen MR) is 114 cm³/mol. The maximum absolute atomic E-state index is 12.6. The van der Waals surface area contributed by atoms with Gasteiger partial charge in [0.15, 0.2) is 0 Å². The quantitative estimate of drug-likeness (QED) is 0.117. The number of nitrogens with zero attached hydrogens (tertiary/aromatic N) is 1. The fourth-order valence-electron chi connectivity index (χ4n) is 3.71. The van der Waals surface area contributed by atoms with Crippen molar-refractivity contribution in [1.82, 2.24) is 15.5 Å². The SMILES string of the molecule is CC(=O)OC[C@@H]1CS[C@H]2[C@H](NC(=O)CCCC[C@@H](NC(=O)CN)C(=O)O)C(=O)N2[C@H]1C(=O)O. The third-order valence-electron chi connectivity index (χ3n) is 5.34. The van der Waals surface area contributed by atoms with Crippen molar-refractivity contribution in [2.24, 2.45) is 11.7 Å². The van der Waals surface area contributed by atoms with Gasteiger partial charge in [-0.2, -0.15) is 0 Å². The number of hydrogen-bond acceptors (Lipinski definition) is 9. The molecule has 0 aliphatic carbocycles. The molecule has 3 amide bonds. The standard InChI is InChI=1S/C19H28N4O9S/c1-9(24)32-7-10-8-33-17-14(16(27)23(17)15(10)19(30)31)22-12(25)5-3-2-4-11(18(28)29)21-13(26)6-20/h10-11,14-15,17H,2-8,20H2,1H3,(H,21,26)(H,22,25)(H,28,29)(H,30,31)/t10-,11-,14-,15-,17+/m1/s1. The van der Waals surface area contributed by atoms with Crippen molar-refractivity contribution in [2.75, 3.05) is 18.9 Å². The Morgan fingerprint density at radius 2 is 1.91 bits per heavy atom. The number of carbonyl (C=O) groups excluding carboxylic acids is 4. The fourth-order valence-corrected chi connectivity index (χ4v) is 5.20. The molecule has 2 aliphatic heterocycles. The van der Waals surface area contributed by atoms with Crippen LogP contribution in [0.1, 0.15) is 32.6 Å². The van der Waals surface area contributed by atoms with Crippen LogP contribution in [0.4, 0.5) is 0 Å². The number of carboxylic acid groups (broad SMARTS) is 2. The van der Waals surface area contributed by atoms with Gasteiger partial charge < -0.3 is 36.2 Å². The third-order valence-corrected chi connectivity index (χ3v) is 6.80. The molecule has 2 heterocycles. The highest BCUT2D eigenvalue weighted by Gasteiger charge is 2.57. The van der Waals surface area contributed by atoms with E-state index in [0.29, 0.717) is 18.6 Å². The molecule has 5 atom stereocenters. The lowest BCUT2D eigenvalue weighted by molar-refractivity contribution is -0.167. The lowest BCUT2D eigenvalue weighted by Gasteiger charge is -2.54. The van der Waals surface area contributed by atoms with Gasteiger partial charge in [-0.25, -0.2) is 9.59 Å². The summed E-state index contributed by atoms with van der Waals surface area (Å²) in [5.41, 5.74) is 5.15. The third kappa shape index (κ3) is 6.81. The van der Waals surface area contributed by atoms with Crippen LogP contribution in [0.3, 0.4) is 0 Å². The highest BCUT2D eigenvalue weighted by Crippen LogP contribution is 2.40. The highest BCUT2D eigenvalue weighted by molar-refractivity contribution is 8.00. The van der Waals surface area contributed by atoms with Gasteiger partial charge in [0, 0.05) is 25.0 Å². The number of carbonyl (C=O) groups is 6. The molecule has 6 N–H and O–H groups in total. The van der Waals surface area contributed by atoms with Gasteiger partial charge in [0.2, 0.25) is 17.7 Å². The normalized spacial score (nSPS) is 24.7. The summed E-state index contributed by atoms with van der Waals surface area (Å²) in [6.45, 7) is 0.772. The van der Waals surface area contributed by atoms with Gasteiger partial charge in [0.1, 0.15) is 23.5 Å². The minimum Gasteiger partial charge on any atom is -0.480 e. The van der Waals surface area contributed by atoms with E-state index >= 15 is 0 Å². The van der Waals surface area contributed by atoms with Crippen molar-refractivity contribution in [3.8, 4) is 0 Å². The van der Waals surface area contributed by atoms with E-state index in [-0.39, 0.29) is 26.0 Å². The van der Waals surface area contributed by atoms with Crippen molar-refractivity contribution < 1.29 is 43.7 Å². The van der Waals surface area contributed by atoms with E-state index in [4.69, 9.17) is 15.6 Å². The van der Waals surface area contributed by atoms with Crippen LogP contribution in [-0.4, -0.2) is 93.1 Å². The van der Waals surface area contributed by atoms with Crippen molar-refractivity contribution in [3.63, 3.8) is 0 Å². The second-order valence-electron chi connectivity index (χ2n) is 7.77. The average Bonchev–Trinajstić information content (AvgIpc) is 2.76. The van der Waals surface area contributed by atoms with Gasteiger partial charge in [-0.1, -0.05) is 6.42 Å². The molecule has 0 bridgehead atoms. The summed E-state index contributed by atoms with van der Waals surface area (Å²) in [6, 6.07) is -3.10. The van der Waals surface area contributed by atoms with E-state index in [2.05, 4.69) is 10.6 Å². The van der Waals surface area contributed by atoms with Crippen molar-refractivity contribution in [1.29, 1.82) is 0 Å². The number of amides is 3. The molecular formula is C19H28N4O9S. The number of ether oxygens (including phenoxy) is 1. The number of unbranched alkanes of at least 4 members (excludes halogenated alkanes) is 1. The molecule has 2 saturated heterocycles. The zero-order valence-corrected chi connectivity index (χ0v) is 18.8. The monoisotopic (exact) mass is 488 g/mol. The molecule has 0 saturated carbocycles. The summed E-state index contributed by atoms with van der Waals surface area (Å²) in [5.74, 6) is -4.68. The number of carboxylic acids is 2. The van der Waals surface area contributed by atoms with Crippen LogP contribution in [0.2, 0.25) is 0 Å². The van der Waals surface area contributed by atoms with E-state index in [9.17, 15) is 33.9 Å². The summed E-state index contributed by atoms with van der Waals surface area (Å²) in [5, 5.41) is 23.1. The first-order chi connectivity index (χ1) is 15.6. The predicted octanol–water partition coefficient (Wildman–Crippen LogP) is -1.89. The molecule has 0 spiro atoms. The molecule has 2 fully saturated rings. The smallest absolute Gasteiger partial charge is 0.326 e. The van der Waals surface area contributed by atoms with E-state index in [1.807, 2.05) is 0 Å². The number of thioether (sulfide) groups is 1. The number of fused-ring (bicyclic) bond motifs is 1. The summed E-state index contributed by atoms with van der Waals surface area (Å²) >= 11 is 1.31. The second-order valence-corrected chi connectivity index (χ2v) is 8.92. The van der Waals surface area contributed by atoms with Crippen LogP contribution in [-0.2, 0) is 33.5 Å². The van der Waals surface area contributed by atoms with Gasteiger partial charge >= 0.3 is 17.9 Å². The first kappa shape index (κ1) is 26.4. The Bertz CT molecular complexity index is 808. The number of β-lactam (4-membered cyclic amide) rings is 1. The van der Waals surface area contributed by atoms with E-state index in [1.54, 1.807) is 0 Å². The highest BCUT2D eigenvalue weighted by atomic mass is 32.2. The minimum atomic E-state index is -1.20. The molecule has 33 heavy (non-hydrogen) atoms. The number of esters is 1. The van der Waals surface area contributed by atoms with Gasteiger partial charge in [-0.05, 0) is 12.8 Å². The van der Waals surface area contributed by atoms with Gasteiger partial charge in [-0.15, -0.1) is 11.8 Å². The molecule has 14 heteroatoms. The minimum absolute atomic E-state index is 0.0375. The molecule has 0 aromatic heterocycles. The summed E-state index contributed by atoms with van der Waals surface area (Å²) in [4.78, 5) is 71.2. The van der Waals surface area contributed by atoms with Crippen molar-refractivity contribution >= 4 is 47.4 Å². The van der Waals surface area contributed by atoms with E-state index < -0.39 is 65.0 Å². The molecule has 184 valence electrons. The fraction of sp³-hybridized carbons (Fsp3) is 0.684. The summed E-state index contributed by atoms with van der Waals surface area (Å²) in [7, 11) is 0. The van der Waals surface area contributed by atoms with Gasteiger partial charge in [-0.3, -0.25) is 19.2 Å². The molecule has 13 nitrogen and oxygen atoms in total. The zero-order chi connectivity index (χ0) is 24.7. The Balaban J connectivity index is 1.82.